The molecule has 0 bridgehead atoms. The van der Waals surface area contributed by atoms with Crippen LogP contribution in [-0.4, -0.2) is 64.4 Å². The average Bonchev–Trinajstić information content (AvgIpc) is 2.50. The van der Waals surface area contributed by atoms with E-state index in [0.717, 1.165) is 0 Å². The molecule has 6 N–H and O–H groups in total. The molecule has 0 aromatic carbocycles. The Bertz CT molecular complexity index is 470. The summed E-state index contributed by atoms with van der Waals surface area (Å²) in [6.45, 7) is 2.52. The molecule has 0 radical (unpaired) electrons. The zero-order chi connectivity index (χ0) is 19.0. The van der Waals surface area contributed by atoms with Gasteiger partial charge in [-0.1, -0.05) is 13.8 Å². The van der Waals surface area contributed by atoms with Crippen molar-refractivity contribution < 1.29 is 38.3 Å². The fourth-order valence-corrected chi connectivity index (χ4v) is 2.07. The number of rotatable bonds is 11. The lowest BCUT2D eigenvalue weighted by atomic mass is 9.87. The highest BCUT2D eigenvalue weighted by Crippen LogP contribution is 2.38. The summed E-state index contributed by atoms with van der Waals surface area (Å²) >= 11 is 3.86. The van der Waals surface area contributed by atoms with Crippen LogP contribution >= 0.6 is 20.5 Å². The van der Waals surface area contributed by atoms with Crippen molar-refractivity contribution in [3.63, 3.8) is 0 Å². The van der Waals surface area contributed by atoms with Crippen molar-refractivity contribution in [2.75, 3.05) is 25.5 Å². The van der Waals surface area contributed by atoms with Gasteiger partial charge in [0.1, 0.15) is 12.1 Å². The Morgan fingerprint density at radius 1 is 1.38 bits per heavy atom. The van der Waals surface area contributed by atoms with Crippen molar-refractivity contribution in [1.82, 2.24) is 5.32 Å². The first-order valence-electron chi connectivity index (χ1n) is 7.09. The van der Waals surface area contributed by atoms with Crippen molar-refractivity contribution in [3.8, 4) is 0 Å². The maximum atomic E-state index is 11.8. The summed E-state index contributed by atoms with van der Waals surface area (Å²) < 4.78 is 19.8. The topological polar surface area (TPSA) is 168 Å². The van der Waals surface area contributed by atoms with Gasteiger partial charge in [0, 0.05) is 17.7 Å². The van der Waals surface area contributed by atoms with Crippen LogP contribution < -0.4 is 11.1 Å². The van der Waals surface area contributed by atoms with Gasteiger partial charge in [-0.3, -0.25) is 14.1 Å². The van der Waals surface area contributed by atoms with Crippen molar-refractivity contribution >= 4 is 32.3 Å². The minimum atomic E-state index is -4.69. The third-order valence-electron chi connectivity index (χ3n) is 2.96. The first-order chi connectivity index (χ1) is 10.9. The zero-order valence-corrected chi connectivity index (χ0v) is 15.3. The van der Waals surface area contributed by atoms with Crippen LogP contribution in [0.3, 0.4) is 0 Å². The highest BCUT2D eigenvalue weighted by molar-refractivity contribution is 7.80. The van der Waals surface area contributed by atoms with Gasteiger partial charge in [-0.15, -0.1) is 0 Å². The molecule has 10 nitrogen and oxygen atoms in total. The van der Waals surface area contributed by atoms with Gasteiger partial charge in [0.05, 0.1) is 13.2 Å². The van der Waals surface area contributed by atoms with E-state index in [1.807, 2.05) is 0 Å². The number of phosphoric ester groups is 1. The van der Waals surface area contributed by atoms with Crippen LogP contribution in [0.2, 0.25) is 0 Å². The molecule has 0 fully saturated rings. The molecule has 0 aliphatic heterocycles. The summed E-state index contributed by atoms with van der Waals surface area (Å²) in [6, 6.07) is -0.806. The molecule has 0 aromatic rings. The van der Waals surface area contributed by atoms with Crippen LogP contribution in [0.1, 0.15) is 20.3 Å². The van der Waals surface area contributed by atoms with Gasteiger partial charge in [-0.2, -0.15) is 12.6 Å². The summed E-state index contributed by atoms with van der Waals surface area (Å²) in [7, 11) is -4.69. The van der Waals surface area contributed by atoms with Gasteiger partial charge in [0.15, 0.2) is 0 Å². The van der Waals surface area contributed by atoms with Gasteiger partial charge in [0.25, 0.3) is 0 Å². The van der Waals surface area contributed by atoms with Crippen LogP contribution in [0.4, 0.5) is 0 Å². The maximum Gasteiger partial charge on any atom is 0.469 e. The Labute approximate surface area is 145 Å². The van der Waals surface area contributed by atoms with Crippen LogP contribution in [0.25, 0.3) is 0 Å². The van der Waals surface area contributed by atoms with Crippen LogP contribution in [-0.2, 0) is 23.4 Å². The van der Waals surface area contributed by atoms with Crippen molar-refractivity contribution in [2.45, 2.75) is 32.4 Å². The molecule has 1 unspecified atom stereocenters. The summed E-state index contributed by atoms with van der Waals surface area (Å²) in [6.07, 6.45) is -1.23. The lowest BCUT2D eigenvalue weighted by molar-refractivity contribution is -0.144. The molecule has 0 aliphatic rings. The van der Waals surface area contributed by atoms with E-state index in [1.165, 1.54) is 13.8 Å². The Balaban J connectivity index is 4.14. The fourth-order valence-electron chi connectivity index (χ4n) is 1.42. The minimum Gasteiger partial charge on any atom is -0.464 e. The molecule has 0 heterocycles. The van der Waals surface area contributed by atoms with E-state index in [2.05, 4.69) is 22.5 Å². The number of hydrogen-bond donors (Lipinski definition) is 6. The number of ether oxygens (including phenoxy) is 1. The quantitative estimate of drug-likeness (QED) is 0.110. The van der Waals surface area contributed by atoms with Gasteiger partial charge < -0.3 is 30.7 Å². The molecule has 142 valence electrons. The largest absolute Gasteiger partial charge is 0.469 e. The lowest BCUT2D eigenvalue weighted by Crippen LogP contribution is -2.46. The number of nitrogens with one attached hydrogen (secondary N) is 1. The molecule has 24 heavy (non-hydrogen) atoms. The molecular formula is C12H25N2O8PS. The molecule has 0 saturated carbocycles. The molecule has 0 aromatic heterocycles. The second-order valence-electron chi connectivity index (χ2n) is 5.76. The number of aliphatic hydroxyl groups is 1. The molecule has 0 saturated heterocycles. The predicted molar refractivity (Wildman–Crippen MR) is 88.2 cm³/mol. The highest BCUT2D eigenvalue weighted by Gasteiger charge is 2.35. The van der Waals surface area contributed by atoms with Gasteiger partial charge in [-0.05, 0) is 6.42 Å². The average molecular weight is 388 g/mol. The number of thiol groups is 1. The van der Waals surface area contributed by atoms with Crippen LogP contribution in [0.5, 0.6) is 0 Å². The first kappa shape index (κ1) is 23.3. The van der Waals surface area contributed by atoms with E-state index in [-0.39, 0.29) is 18.9 Å². The molecule has 0 spiro atoms. The van der Waals surface area contributed by atoms with E-state index in [9.17, 15) is 19.3 Å². The van der Waals surface area contributed by atoms with Gasteiger partial charge >= 0.3 is 13.8 Å². The standard InChI is InChI=1S/C12H25N2O8PS/c1-12(2,7-22-23(18,19)20)9(15)10(16)14-4-3-5-21-11(17)8(13)6-24/h8-9,15,24H,3-7,13H2,1-2H3,(H,14,16)(H2,18,19,20)/t8-,9?/m0/s1. The second kappa shape index (κ2) is 10.3. The molecular weight excluding hydrogens is 363 g/mol. The monoisotopic (exact) mass is 388 g/mol. The molecule has 0 aliphatic carbocycles. The third kappa shape index (κ3) is 9.58. The van der Waals surface area contributed by atoms with Crippen molar-refractivity contribution in [3.05, 3.63) is 0 Å². The smallest absolute Gasteiger partial charge is 0.464 e. The highest BCUT2D eigenvalue weighted by atomic mass is 32.1. The fraction of sp³-hybridized carbons (Fsp3) is 0.833. The Kier molecular flexibility index (Phi) is 10.0. The lowest BCUT2D eigenvalue weighted by Gasteiger charge is -2.29. The van der Waals surface area contributed by atoms with Crippen LogP contribution in [0.15, 0.2) is 0 Å². The number of carbonyl (C=O) groups excluding carboxylic acids is 2. The SMILES string of the molecule is CC(C)(COP(=O)(O)O)C(O)C(=O)NCCCOC(=O)[C@@H](N)CS. The second-order valence-corrected chi connectivity index (χ2v) is 7.36. The Morgan fingerprint density at radius 3 is 2.46 bits per heavy atom. The van der Waals surface area contributed by atoms with E-state index in [4.69, 9.17) is 20.3 Å². The zero-order valence-electron chi connectivity index (χ0n) is 13.5. The Morgan fingerprint density at radius 2 is 1.96 bits per heavy atom. The van der Waals surface area contributed by atoms with Crippen LogP contribution in [0, 0.1) is 5.41 Å². The number of hydrogen-bond acceptors (Lipinski definition) is 8. The summed E-state index contributed by atoms with van der Waals surface area (Å²) in [5.74, 6) is -1.16. The van der Waals surface area contributed by atoms with Crippen molar-refractivity contribution in [2.24, 2.45) is 11.1 Å². The number of phosphoric acid groups is 1. The van der Waals surface area contributed by atoms with E-state index in [1.54, 1.807) is 0 Å². The third-order valence-corrected chi connectivity index (χ3v) is 3.82. The molecule has 1 amide bonds. The number of aliphatic hydroxyl groups excluding tert-OH is 1. The van der Waals surface area contributed by atoms with Gasteiger partial charge in [-0.25, -0.2) is 4.57 Å². The maximum absolute atomic E-state index is 11.8. The Hall–Kier alpha value is -0.680. The normalized spacial score (nSPS) is 14.8. The molecule has 2 atom stereocenters. The van der Waals surface area contributed by atoms with Crippen molar-refractivity contribution in [1.29, 1.82) is 0 Å². The van der Waals surface area contributed by atoms with E-state index >= 15 is 0 Å². The van der Waals surface area contributed by atoms with E-state index in [0.29, 0.717) is 6.42 Å². The first-order valence-corrected chi connectivity index (χ1v) is 9.26. The van der Waals surface area contributed by atoms with Gasteiger partial charge in [0.2, 0.25) is 5.91 Å². The summed E-state index contributed by atoms with van der Waals surface area (Å²) in [5.41, 5.74) is 4.19. The minimum absolute atomic E-state index is 0.0431. The predicted octanol–water partition coefficient (Wildman–Crippen LogP) is -1.21. The number of carbonyl (C=O) groups is 2. The number of amides is 1. The van der Waals surface area contributed by atoms with E-state index < -0.39 is 43.9 Å². The number of esters is 1. The molecule has 0 rings (SSSR count). The molecule has 12 heteroatoms. The summed E-state index contributed by atoms with van der Waals surface area (Å²) in [4.78, 5) is 40.4. The summed E-state index contributed by atoms with van der Waals surface area (Å²) in [5, 5.41) is 12.4. The number of nitrogens with two attached hydrogens (primary N) is 1.